The average Bonchev–Trinajstić information content (AvgIpc) is 3.36. The predicted octanol–water partition coefficient (Wildman–Crippen LogP) is 5.23. The summed E-state index contributed by atoms with van der Waals surface area (Å²) in [5, 5.41) is 0.845. The number of hydrogen-bond donors (Lipinski definition) is 2. The molecule has 14 heteroatoms. The molecule has 0 saturated carbocycles. The average molecular weight is 624 g/mol. The number of nitrogens with zero attached hydrogens (tertiary/aromatic N) is 2. The third kappa shape index (κ3) is 4.96. The van der Waals surface area contributed by atoms with Crippen molar-refractivity contribution in [2.24, 2.45) is 0 Å². The van der Waals surface area contributed by atoms with Gasteiger partial charge in [0, 0.05) is 28.6 Å². The molecule has 5 rings (SSSR count). The van der Waals surface area contributed by atoms with E-state index in [-0.39, 0.29) is 16.9 Å². The van der Waals surface area contributed by atoms with Crippen molar-refractivity contribution in [1.29, 1.82) is 0 Å². The summed E-state index contributed by atoms with van der Waals surface area (Å²) in [7, 11) is -8.44. The zero-order chi connectivity index (χ0) is 26.9. The van der Waals surface area contributed by atoms with Crippen molar-refractivity contribution < 1.29 is 30.5 Å². The fourth-order valence-electron chi connectivity index (χ4n) is 4.81. The molecule has 2 aliphatic heterocycles. The minimum Gasteiger partial charge on any atom is -0.285 e. The molecule has 37 heavy (non-hydrogen) atoms. The fraction of sp³-hybridized carbons (Fsp3) is 0.348. The lowest BCUT2D eigenvalue weighted by Gasteiger charge is -2.17. The SMILES string of the molecule is CC(CC[n+]1c(C=C2Sc3ccc(Cl)cc3[N+]23CC3C(C)S(=O)(=O)O)sc2ccc(Cl)cc21)S(=O)(=O)O. The molecule has 198 valence electrons. The number of aryl methyl sites for hydroxylation is 1. The van der Waals surface area contributed by atoms with Crippen LogP contribution in [0, 0.1) is 0 Å². The van der Waals surface area contributed by atoms with E-state index in [9.17, 15) is 25.9 Å². The van der Waals surface area contributed by atoms with Gasteiger partial charge in [-0.25, -0.2) is 4.48 Å². The Morgan fingerprint density at radius 2 is 1.76 bits per heavy atom. The molecule has 8 nitrogen and oxygen atoms in total. The second-order valence-corrected chi connectivity index (χ2v) is 16.0. The molecule has 2 aromatic carbocycles. The maximum atomic E-state index is 12.0. The van der Waals surface area contributed by atoms with Crippen LogP contribution in [-0.2, 0) is 26.8 Å². The largest absolute Gasteiger partial charge is 0.285 e. The van der Waals surface area contributed by atoms with Crippen LogP contribution in [-0.4, -0.2) is 49.0 Å². The molecule has 0 aliphatic carbocycles. The standard InChI is InChI=1S/C23H22Cl2N2O6S4/c1-13(36(28,29)30)7-8-26-17-9-15(24)3-5-20(17)34-22(26)11-23-27(12-19(27)14(2)37(31,32)33)18-10-16(25)4-6-21(18)35-23/h3-6,9-11,13-14,19H,7-8,12H2,1-2H3/p+2. The van der Waals surface area contributed by atoms with Crippen molar-refractivity contribution >= 4 is 88.5 Å². The van der Waals surface area contributed by atoms with Crippen LogP contribution in [0.3, 0.4) is 0 Å². The third-order valence-electron chi connectivity index (χ3n) is 7.08. The van der Waals surface area contributed by atoms with E-state index >= 15 is 0 Å². The van der Waals surface area contributed by atoms with Crippen molar-refractivity contribution in [2.75, 3.05) is 6.54 Å². The van der Waals surface area contributed by atoms with Crippen LogP contribution in [0.4, 0.5) is 5.69 Å². The second-order valence-electron chi connectivity index (χ2n) is 9.35. The lowest BCUT2D eigenvalue weighted by molar-refractivity contribution is -0.669. The van der Waals surface area contributed by atoms with Gasteiger partial charge in [0.2, 0.25) is 5.52 Å². The van der Waals surface area contributed by atoms with Gasteiger partial charge in [-0.3, -0.25) is 9.11 Å². The van der Waals surface area contributed by atoms with Crippen molar-refractivity contribution in [1.82, 2.24) is 4.48 Å². The first-order valence-electron chi connectivity index (χ1n) is 11.3. The first-order valence-corrected chi connectivity index (χ1v) is 16.7. The number of aromatic nitrogens is 1. The molecule has 1 spiro atoms. The van der Waals surface area contributed by atoms with Crippen molar-refractivity contribution in [3.05, 3.63) is 56.5 Å². The first kappa shape index (κ1) is 27.4. The molecule has 1 fully saturated rings. The fourth-order valence-corrected chi connectivity index (χ4v) is 8.74. The van der Waals surface area contributed by atoms with Crippen LogP contribution in [0.5, 0.6) is 0 Å². The van der Waals surface area contributed by atoms with Crippen LogP contribution in [0.15, 0.2) is 46.3 Å². The number of halogens is 2. The Kier molecular flexibility index (Phi) is 6.99. The van der Waals surface area contributed by atoms with Crippen molar-refractivity contribution in [2.45, 2.75) is 48.3 Å². The molecule has 4 unspecified atom stereocenters. The molecule has 3 aromatic rings. The monoisotopic (exact) mass is 622 g/mol. The summed E-state index contributed by atoms with van der Waals surface area (Å²) in [5.74, 6) is 0. The maximum Gasteiger partial charge on any atom is 0.273 e. The predicted molar refractivity (Wildman–Crippen MR) is 149 cm³/mol. The van der Waals surface area contributed by atoms with Crippen molar-refractivity contribution in [3.8, 4) is 0 Å². The highest BCUT2D eigenvalue weighted by molar-refractivity contribution is 8.03. The number of hydrogen-bond acceptors (Lipinski definition) is 6. The maximum absolute atomic E-state index is 12.0. The zero-order valence-electron chi connectivity index (χ0n) is 19.7. The molecule has 3 heterocycles. The Balaban J connectivity index is 1.63. The van der Waals surface area contributed by atoms with E-state index in [4.69, 9.17) is 23.2 Å². The number of quaternary nitrogens is 1. The summed E-state index contributed by atoms with van der Waals surface area (Å²) >= 11 is 15.6. The quantitative estimate of drug-likeness (QED) is 0.160. The van der Waals surface area contributed by atoms with Crippen LogP contribution < -0.4 is 9.05 Å². The van der Waals surface area contributed by atoms with Gasteiger partial charge >= 0.3 is 0 Å². The molecule has 1 aromatic heterocycles. The van der Waals surface area contributed by atoms with E-state index in [0.717, 1.165) is 30.8 Å². The third-order valence-corrected chi connectivity index (χ3v) is 12.4. The summed E-state index contributed by atoms with van der Waals surface area (Å²) in [6.45, 7) is 3.77. The topological polar surface area (TPSA) is 113 Å². The summed E-state index contributed by atoms with van der Waals surface area (Å²) in [6, 6.07) is 10.6. The van der Waals surface area contributed by atoms with Gasteiger partial charge in [0.15, 0.2) is 23.3 Å². The van der Waals surface area contributed by atoms with Gasteiger partial charge in [-0.05, 0) is 49.9 Å². The summed E-state index contributed by atoms with van der Waals surface area (Å²) in [5.41, 5.74) is 1.72. The van der Waals surface area contributed by atoms with Crippen LogP contribution in [0.2, 0.25) is 10.0 Å². The minimum atomic E-state index is -4.26. The lowest BCUT2D eigenvalue weighted by atomic mass is 10.2. The Morgan fingerprint density at radius 1 is 1.08 bits per heavy atom. The highest BCUT2D eigenvalue weighted by atomic mass is 35.5. The number of fused-ring (bicyclic) bond motifs is 3. The number of thioether (sulfide) groups is 1. The Morgan fingerprint density at radius 3 is 2.43 bits per heavy atom. The van der Waals surface area contributed by atoms with Gasteiger partial charge < -0.3 is 0 Å². The Hall–Kier alpha value is -1.22. The first-order chi connectivity index (χ1) is 17.2. The Bertz CT molecular complexity index is 1670. The molecular weight excluding hydrogens is 599 g/mol. The Labute approximate surface area is 233 Å². The van der Waals surface area contributed by atoms with Crippen LogP contribution in [0.25, 0.3) is 16.3 Å². The molecule has 0 radical (unpaired) electrons. The molecule has 4 atom stereocenters. The van der Waals surface area contributed by atoms with Gasteiger partial charge in [-0.2, -0.15) is 21.4 Å². The molecule has 0 bridgehead atoms. The van der Waals surface area contributed by atoms with E-state index in [1.807, 2.05) is 34.9 Å². The number of rotatable bonds is 7. The van der Waals surface area contributed by atoms with E-state index in [0.29, 0.717) is 23.1 Å². The normalized spacial score (nSPS) is 24.1. The molecule has 1 saturated heterocycles. The van der Waals surface area contributed by atoms with Gasteiger partial charge in [-0.1, -0.05) is 34.5 Å². The lowest BCUT2D eigenvalue weighted by Crippen LogP contribution is -2.38. The molecular formula is C23H24Cl2N2O6S4+2. The van der Waals surface area contributed by atoms with Gasteiger partial charge in [0.25, 0.3) is 25.2 Å². The summed E-state index contributed by atoms with van der Waals surface area (Å²) in [6.07, 6.45) is 2.18. The minimum absolute atomic E-state index is 0.184. The summed E-state index contributed by atoms with van der Waals surface area (Å²) in [4.78, 5) is 0.955. The van der Waals surface area contributed by atoms with E-state index in [2.05, 4.69) is 0 Å². The van der Waals surface area contributed by atoms with Gasteiger partial charge in [0.1, 0.15) is 16.5 Å². The van der Waals surface area contributed by atoms with Crippen LogP contribution >= 0.6 is 46.3 Å². The van der Waals surface area contributed by atoms with Gasteiger partial charge in [0.05, 0.1) is 16.2 Å². The molecule has 0 amide bonds. The summed E-state index contributed by atoms with van der Waals surface area (Å²) < 4.78 is 69.8. The number of thiazole rings is 1. The molecule has 2 aliphatic rings. The highest BCUT2D eigenvalue weighted by Gasteiger charge is 2.68. The molecule has 2 N–H and O–H groups in total. The van der Waals surface area contributed by atoms with Gasteiger partial charge in [-0.15, -0.1) is 0 Å². The van der Waals surface area contributed by atoms with E-state index < -0.39 is 30.7 Å². The van der Waals surface area contributed by atoms with E-state index in [1.165, 1.54) is 36.9 Å². The number of benzene rings is 2. The van der Waals surface area contributed by atoms with E-state index in [1.54, 1.807) is 12.1 Å². The highest BCUT2D eigenvalue weighted by Crippen LogP contribution is 2.61. The smallest absolute Gasteiger partial charge is 0.273 e. The second kappa shape index (κ2) is 9.46. The van der Waals surface area contributed by atoms with Crippen molar-refractivity contribution in [3.63, 3.8) is 0 Å². The zero-order valence-corrected chi connectivity index (χ0v) is 24.5. The van der Waals surface area contributed by atoms with Crippen LogP contribution in [0.1, 0.15) is 25.3 Å².